The lowest BCUT2D eigenvalue weighted by Gasteiger charge is -2.18. The fourth-order valence-corrected chi connectivity index (χ4v) is 2.46. The number of nitrogens with zero attached hydrogens (tertiary/aromatic N) is 2. The van der Waals surface area contributed by atoms with Crippen molar-refractivity contribution in [3.05, 3.63) is 58.3 Å². The summed E-state index contributed by atoms with van der Waals surface area (Å²) >= 11 is 3.40. The Bertz CT molecular complexity index is 533. The molecule has 0 aliphatic carbocycles. The lowest BCUT2D eigenvalue weighted by atomic mass is 10.0. The third-order valence-corrected chi connectivity index (χ3v) is 3.61. The van der Waals surface area contributed by atoms with Crippen molar-refractivity contribution in [3.63, 3.8) is 0 Å². The summed E-state index contributed by atoms with van der Waals surface area (Å²) in [6, 6.07) is 4.88. The van der Waals surface area contributed by atoms with E-state index in [2.05, 4.69) is 38.1 Å². The zero-order chi connectivity index (χ0) is 13.7. The maximum Gasteiger partial charge on any atom is 0.124 e. The van der Waals surface area contributed by atoms with Gasteiger partial charge in [-0.05, 0) is 30.7 Å². The van der Waals surface area contributed by atoms with Gasteiger partial charge >= 0.3 is 0 Å². The van der Waals surface area contributed by atoms with Crippen LogP contribution in [0.25, 0.3) is 0 Å². The van der Waals surface area contributed by atoms with Crippen molar-refractivity contribution in [2.45, 2.75) is 19.4 Å². The molecule has 2 rings (SSSR count). The Morgan fingerprint density at radius 1 is 1.32 bits per heavy atom. The van der Waals surface area contributed by atoms with E-state index in [1.54, 1.807) is 18.5 Å². The van der Waals surface area contributed by atoms with E-state index in [9.17, 15) is 4.39 Å². The standard InChI is InChI=1S/C14H15BrFN3/c1-2-19-14(11-7-17-9-18-8-11)5-10-3-4-12(16)6-13(10)15/h3-4,6-9,14,19H,2,5H2,1H3. The SMILES string of the molecule is CCNC(Cc1ccc(F)cc1Br)c1cncnc1. The van der Waals surface area contributed by atoms with Gasteiger partial charge in [0.05, 0.1) is 0 Å². The molecule has 5 heteroatoms. The highest BCUT2D eigenvalue weighted by atomic mass is 79.9. The topological polar surface area (TPSA) is 37.8 Å². The van der Waals surface area contributed by atoms with E-state index in [0.717, 1.165) is 28.6 Å². The highest BCUT2D eigenvalue weighted by Crippen LogP contribution is 2.24. The molecule has 1 aromatic carbocycles. The monoisotopic (exact) mass is 323 g/mol. The van der Waals surface area contributed by atoms with Crippen molar-refractivity contribution >= 4 is 15.9 Å². The van der Waals surface area contributed by atoms with Crippen LogP contribution in [0.3, 0.4) is 0 Å². The third-order valence-electron chi connectivity index (χ3n) is 2.87. The smallest absolute Gasteiger partial charge is 0.124 e. The Labute approximate surface area is 120 Å². The van der Waals surface area contributed by atoms with Crippen LogP contribution in [0.2, 0.25) is 0 Å². The van der Waals surface area contributed by atoms with Crippen LogP contribution in [0.15, 0.2) is 41.4 Å². The molecule has 1 heterocycles. The minimum Gasteiger partial charge on any atom is -0.310 e. The molecular formula is C14H15BrFN3. The minimum atomic E-state index is -0.237. The van der Waals surface area contributed by atoms with Gasteiger partial charge < -0.3 is 5.32 Å². The maximum absolute atomic E-state index is 13.1. The van der Waals surface area contributed by atoms with Crippen LogP contribution < -0.4 is 5.32 Å². The van der Waals surface area contributed by atoms with Gasteiger partial charge in [-0.1, -0.05) is 28.9 Å². The third kappa shape index (κ3) is 3.81. The minimum absolute atomic E-state index is 0.118. The lowest BCUT2D eigenvalue weighted by molar-refractivity contribution is 0.544. The summed E-state index contributed by atoms with van der Waals surface area (Å²) in [4.78, 5) is 8.09. The summed E-state index contributed by atoms with van der Waals surface area (Å²) in [7, 11) is 0. The number of aromatic nitrogens is 2. The second-order valence-electron chi connectivity index (χ2n) is 4.22. The van der Waals surface area contributed by atoms with Crippen LogP contribution in [-0.2, 0) is 6.42 Å². The summed E-state index contributed by atoms with van der Waals surface area (Å²) in [5.74, 6) is -0.237. The molecule has 0 fully saturated rings. The first-order valence-corrected chi connectivity index (χ1v) is 6.92. The van der Waals surface area contributed by atoms with Crippen LogP contribution in [0.4, 0.5) is 4.39 Å². The molecular weight excluding hydrogens is 309 g/mol. The van der Waals surface area contributed by atoms with E-state index >= 15 is 0 Å². The van der Waals surface area contributed by atoms with E-state index < -0.39 is 0 Å². The van der Waals surface area contributed by atoms with Crippen molar-refractivity contribution in [2.75, 3.05) is 6.54 Å². The summed E-state index contributed by atoms with van der Waals surface area (Å²) in [5, 5.41) is 3.39. The van der Waals surface area contributed by atoms with Crippen LogP contribution >= 0.6 is 15.9 Å². The molecule has 1 unspecified atom stereocenters. The van der Waals surface area contributed by atoms with E-state index in [0.29, 0.717) is 0 Å². The summed E-state index contributed by atoms with van der Waals surface area (Å²) in [6.07, 6.45) is 5.87. The number of nitrogens with one attached hydrogen (secondary N) is 1. The molecule has 0 aliphatic rings. The summed E-state index contributed by atoms with van der Waals surface area (Å²) < 4.78 is 13.9. The predicted octanol–water partition coefficient (Wildman–Crippen LogP) is 3.27. The van der Waals surface area contributed by atoms with Gasteiger partial charge in [0.25, 0.3) is 0 Å². The van der Waals surface area contributed by atoms with E-state index in [4.69, 9.17) is 0 Å². The molecule has 100 valence electrons. The average Bonchev–Trinajstić information content (AvgIpc) is 2.42. The van der Waals surface area contributed by atoms with E-state index in [1.807, 2.05) is 0 Å². The Kier molecular flexibility index (Phi) is 4.99. The molecule has 0 bridgehead atoms. The zero-order valence-electron chi connectivity index (χ0n) is 10.6. The molecule has 0 saturated carbocycles. The fourth-order valence-electron chi connectivity index (χ4n) is 1.95. The zero-order valence-corrected chi connectivity index (χ0v) is 12.2. The molecule has 1 atom stereocenters. The number of likely N-dealkylation sites (N-methyl/N-ethyl adjacent to an activating group) is 1. The first-order valence-electron chi connectivity index (χ1n) is 6.13. The van der Waals surface area contributed by atoms with Gasteiger partial charge in [0.2, 0.25) is 0 Å². The van der Waals surface area contributed by atoms with Gasteiger partial charge in [-0.2, -0.15) is 0 Å². The summed E-state index contributed by atoms with van der Waals surface area (Å²) in [6.45, 7) is 2.90. The lowest BCUT2D eigenvalue weighted by Crippen LogP contribution is -2.23. The van der Waals surface area contributed by atoms with Gasteiger partial charge in [0.1, 0.15) is 12.1 Å². The molecule has 0 aliphatic heterocycles. The number of rotatable bonds is 5. The molecule has 0 amide bonds. The van der Waals surface area contributed by atoms with Gasteiger partial charge in [0.15, 0.2) is 0 Å². The van der Waals surface area contributed by atoms with Crippen molar-refractivity contribution < 1.29 is 4.39 Å². The Morgan fingerprint density at radius 2 is 2.05 bits per heavy atom. The van der Waals surface area contributed by atoms with Crippen LogP contribution in [-0.4, -0.2) is 16.5 Å². The Morgan fingerprint density at radius 3 is 2.68 bits per heavy atom. The normalized spacial score (nSPS) is 12.4. The van der Waals surface area contributed by atoms with Crippen molar-refractivity contribution in [1.29, 1.82) is 0 Å². The van der Waals surface area contributed by atoms with E-state index in [1.165, 1.54) is 18.5 Å². The van der Waals surface area contributed by atoms with Crippen LogP contribution in [0, 0.1) is 5.82 Å². The summed E-state index contributed by atoms with van der Waals surface area (Å²) in [5.41, 5.74) is 2.08. The Balaban J connectivity index is 2.21. The molecule has 0 radical (unpaired) electrons. The molecule has 1 aromatic heterocycles. The molecule has 0 spiro atoms. The number of benzene rings is 1. The predicted molar refractivity (Wildman–Crippen MR) is 76.3 cm³/mol. The van der Waals surface area contributed by atoms with Gasteiger partial charge in [-0.15, -0.1) is 0 Å². The molecule has 19 heavy (non-hydrogen) atoms. The second-order valence-corrected chi connectivity index (χ2v) is 5.08. The first-order chi connectivity index (χ1) is 9.20. The molecule has 0 saturated heterocycles. The highest BCUT2D eigenvalue weighted by Gasteiger charge is 2.13. The van der Waals surface area contributed by atoms with Crippen LogP contribution in [0.5, 0.6) is 0 Å². The molecule has 2 aromatic rings. The van der Waals surface area contributed by atoms with Crippen molar-refractivity contribution in [2.24, 2.45) is 0 Å². The maximum atomic E-state index is 13.1. The first kappa shape index (κ1) is 14.1. The molecule has 1 N–H and O–H groups in total. The van der Waals surface area contributed by atoms with Gasteiger partial charge in [-0.25, -0.2) is 14.4 Å². The van der Waals surface area contributed by atoms with Gasteiger partial charge in [0, 0.05) is 28.5 Å². The van der Waals surface area contributed by atoms with Crippen molar-refractivity contribution in [1.82, 2.24) is 15.3 Å². The Hall–Kier alpha value is -1.33. The molecule has 3 nitrogen and oxygen atoms in total. The number of hydrogen-bond acceptors (Lipinski definition) is 3. The average molecular weight is 324 g/mol. The highest BCUT2D eigenvalue weighted by molar-refractivity contribution is 9.10. The fraction of sp³-hybridized carbons (Fsp3) is 0.286. The largest absolute Gasteiger partial charge is 0.310 e. The van der Waals surface area contributed by atoms with Crippen molar-refractivity contribution in [3.8, 4) is 0 Å². The van der Waals surface area contributed by atoms with E-state index in [-0.39, 0.29) is 11.9 Å². The quantitative estimate of drug-likeness (QED) is 0.917. The van der Waals surface area contributed by atoms with Gasteiger partial charge in [-0.3, -0.25) is 0 Å². The number of halogens is 2. The number of hydrogen-bond donors (Lipinski definition) is 1. The second kappa shape index (κ2) is 6.73. The van der Waals surface area contributed by atoms with Crippen LogP contribution in [0.1, 0.15) is 24.1 Å².